The molecule has 0 aromatic carbocycles. The van der Waals surface area contributed by atoms with E-state index >= 15 is 0 Å². The highest BCUT2D eigenvalue weighted by molar-refractivity contribution is 9.10. The van der Waals surface area contributed by atoms with Crippen LogP contribution in [-0.2, 0) is 13.8 Å². The van der Waals surface area contributed by atoms with Gasteiger partial charge in [-0.05, 0) is 35.0 Å². The van der Waals surface area contributed by atoms with Crippen molar-refractivity contribution in [1.82, 2.24) is 4.98 Å². The zero-order valence-electron chi connectivity index (χ0n) is 9.43. The number of rotatable bonds is 2. The van der Waals surface area contributed by atoms with Crippen LogP contribution in [0, 0.1) is 6.92 Å². The summed E-state index contributed by atoms with van der Waals surface area (Å²) >= 11 is 3.27. The summed E-state index contributed by atoms with van der Waals surface area (Å²) in [6, 6.07) is 3.49. The number of nitrogens with zero attached hydrogens (tertiary/aromatic N) is 2. The molecule has 0 spiro atoms. The van der Waals surface area contributed by atoms with Crippen molar-refractivity contribution in [3.8, 4) is 0 Å². The first kappa shape index (κ1) is 13.8. The Hall–Kier alpha value is -0.660. The summed E-state index contributed by atoms with van der Waals surface area (Å²) in [6.45, 7) is 1.89. The molecule has 2 rings (SSSR count). The fourth-order valence-corrected chi connectivity index (χ4v) is 3.47. The number of aryl methyl sites for hydroxylation is 1. The molecule has 1 saturated heterocycles. The van der Waals surface area contributed by atoms with E-state index in [9.17, 15) is 13.2 Å². The second-order valence-electron chi connectivity index (χ2n) is 4.07. The lowest BCUT2D eigenvalue weighted by molar-refractivity contribution is -0.117. The highest BCUT2D eigenvalue weighted by Crippen LogP contribution is 2.31. The number of hydrogen-bond donors (Lipinski definition) is 0. The van der Waals surface area contributed by atoms with E-state index in [1.54, 1.807) is 12.1 Å². The third-order valence-electron chi connectivity index (χ3n) is 2.75. The Bertz CT molecular complexity index is 605. The molecule has 1 fully saturated rings. The minimum absolute atomic E-state index is 0.0635. The maximum Gasteiger partial charge on any atom is 0.237 e. The van der Waals surface area contributed by atoms with Crippen molar-refractivity contribution >= 4 is 47.3 Å². The van der Waals surface area contributed by atoms with Crippen molar-refractivity contribution in [3.05, 3.63) is 22.4 Å². The molecule has 2 heterocycles. The zero-order valence-corrected chi connectivity index (χ0v) is 12.6. The fraction of sp³-hybridized carbons (Fsp3) is 0.400. The number of carbonyl (C=O) groups is 1. The van der Waals surface area contributed by atoms with E-state index in [-0.39, 0.29) is 18.9 Å². The minimum atomic E-state index is -3.72. The number of pyridine rings is 1. The van der Waals surface area contributed by atoms with Crippen molar-refractivity contribution in [2.75, 3.05) is 11.4 Å². The van der Waals surface area contributed by atoms with E-state index < -0.39 is 14.3 Å². The van der Waals surface area contributed by atoms with Crippen LogP contribution in [0.1, 0.15) is 12.1 Å². The number of carbonyl (C=O) groups excluding carboxylic acids is 1. The Morgan fingerprint density at radius 3 is 2.67 bits per heavy atom. The Balaban J connectivity index is 2.33. The van der Waals surface area contributed by atoms with Crippen LogP contribution >= 0.6 is 26.6 Å². The highest BCUT2D eigenvalue weighted by Gasteiger charge is 2.38. The van der Waals surface area contributed by atoms with Gasteiger partial charge in [0.1, 0.15) is 9.85 Å². The fourth-order valence-electron chi connectivity index (χ4n) is 1.82. The van der Waals surface area contributed by atoms with E-state index in [4.69, 9.17) is 10.7 Å². The van der Waals surface area contributed by atoms with Crippen molar-refractivity contribution in [2.24, 2.45) is 0 Å². The second-order valence-corrected chi connectivity index (χ2v) is 7.73. The molecule has 8 heteroatoms. The normalized spacial score (nSPS) is 20.5. The number of halogens is 2. The third kappa shape index (κ3) is 2.67. The molecule has 5 nitrogen and oxygen atoms in total. The average Bonchev–Trinajstić information content (AvgIpc) is 2.60. The zero-order chi connectivity index (χ0) is 13.5. The predicted octanol–water partition coefficient (Wildman–Crippen LogP) is 1.83. The SMILES string of the molecule is Cc1ccc(N2CC(S(=O)(=O)Cl)CC2=O)c(Br)n1. The lowest BCUT2D eigenvalue weighted by atomic mass is 10.3. The number of amides is 1. The van der Waals surface area contributed by atoms with Gasteiger partial charge in [0.25, 0.3) is 0 Å². The number of anilines is 1. The molecule has 18 heavy (non-hydrogen) atoms. The molecule has 0 bridgehead atoms. The van der Waals surface area contributed by atoms with Gasteiger partial charge in [-0.2, -0.15) is 0 Å². The Morgan fingerprint density at radius 1 is 1.50 bits per heavy atom. The number of aromatic nitrogens is 1. The van der Waals surface area contributed by atoms with Crippen LogP contribution in [0.2, 0.25) is 0 Å². The molecular formula is C10H10BrClN2O3S. The largest absolute Gasteiger partial charge is 0.308 e. The van der Waals surface area contributed by atoms with Crippen LogP contribution in [0.25, 0.3) is 0 Å². The van der Waals surface area contributed by atoms with Gasteiger partial charge in [-0.25, -0.2) is 13.4 Å². The summed E-state index contributed by atoms with van der Waals surface area (Å²) in [5.74, 6) is -0.268. The summed E-state index contributed by atoms with van der Waals surface area (Å²) in [7, 11) is 1.57. The molecular weight excluding hydrogens is 344 g/mol. The standard InChI is InChI=1S/C10H10BrClN2O3S/c1-6-2-3-8(10(11)13-6)14-5-7(4-9(14)15)18(12,16)17/h2-3,7H,4-5H2,1H3. The summed E-state index contributed by atoms with van der Waals surface area (Å²) in [6.07, 6.45) is -0.0911. The van der Waals surface area contributed by atoms with Crippen LogP contribution in [0.5, 0.6) is 0 Å². The van der Waals surface area contributed by atoms with Crippen LogP contribution in [0.15, 0.2) is 16.7 Å². The van der Waals surface area contributed by atoms with Gasteiger partial charge in [0.15, 0.2) is 0 Å². The first-order valence-electron chi connectivity index (χ1n) is 5.16. The molecule has 1 aliphatic heterocycles. The number of hydrogen-bond acceptors (Lipinski definition) is 4. The van der Waals surface area contributed by atoms with E-state index in [1.807, 2.05) is 6.92 Å². The lowest BCUT2D eigenvalue weighted by Crippen LogP contribution is -2.27. The first-order valence-corrected chi connectivity index (χ1v) is 8.32. The van der Waals surface area contributed by atoms with E-state index in [0.29, 0.717) is 10.3 Å². The van der Waals surface area contributed by atoms with Crippen LogP contribution in [0.4, 0.5) is 5.69 Å². The lowest BCUT2D eigenvalue weighted by Gasteiger charge is -2.17. The van der Waals surface area contributed by atoms with Gasteiger partial charge in [0, 0.05) is 29.3 Å². The summed E-state index contributed by atoms with van der Waals surface area (Å²) in [4.78, 5) is 17.4. The van der Waals surface area contributed by atoms with Crippen LogP contribution in [-0.4, -0.2) is 31.1 Å². The van der Waals surface area contributed by atoms with Crippen LogP contribution in [0.3, 0.4) is 0 Å². The van der Waals surface area contributed by atoms with Crippen molar-refractivity contribution in [2.45, 2.75) is 18.6 Å². The first-order chi connectivity index (χ1) is 8.29. The van der Waals surface area contributed by atoms with Gasteiger partial charge in [-0.1, -0.05) is 0 Å². The van der Waals surface area contributed by atoms with Crippen molar-refractivity contribution < 1.29 is 13.2 Å². The summed E-state index contributed by atoms with van der Waals surface area (Å²) in [5, 5.41) is -0.861. The quantitative estimate of drug-likeness (QED) is 0.601. The minimum Gasteiger partial charge on any atom is -0.308 e. The smallest absolute Gasteiger partial charge is 0.237 e. The molecule has 1 atom stereocenters. The maximum atomic E-state index is 11.8. The topological polar surface area (TPSA) is 67.3 Å². The molecule has 0 radical (unpaired) electrons. The highest BCUT2D eigenvalue weighted by atomic mass is 79.9. The summed E-state index contributed by atoms with van der Waals surface area (Å²) in [5.41, 5.74) is 1.37. The average molecular weight is 354 g/mol. The molecule has 0 saturated carbocycles. The monoisotopic (exact) mass is 352 g/mol. The van der Waals surface area contributed by atoms with E-state index in [2.05, 4.69) is 20.9 Å². The maximum absolute atomic E-state index is 11.8. The van der Waals surface area contributed by atoms with Crippen molar-refractivity contribution in [3.63, 3.8) is 0 Å². The Labute approximate surface area is 118 Å². The van der Waals surface area contributed by atoms with Gasteiger partial charge in [0.2, 0.25) is 15.0 Å². The molecule has 1 amide bonds. The van der Waals surface area contributed by atoms with Gasteiger partial charge in [-0.15, -0.1) is 0 Å². The Morgan fingerprint density at radius 2 is 2.17 bits per heavy atom. The van der Waals surface area contributed by atoms with E-state index in [0.717, 1.165) is 5.69 Å². The van der Waals surface area contributed by atoms with Gasteiger partial charge >= 0.3 is 0 Å². The van der Waals surface area contributed by atoms with Gasteiger partial charge in [0.05, 0.1) is 5.69 Å². The molecule has 1 aromatic heterocycles. The molecule has 1 aromatic rings. The Kier molecular flexibility index (Phi) is 3.66. The molecule has 98 valence electrons. The van der Waals surface area contributed by atoms with E-state index in [1.165, 1.54) is 4.90 Å². The molecule has 0 aliphatic carbocycles. The summed E-state index contributed by atoms with van der Waals surface area (Å²) < 4.78 is 23.0. The van der Waals surface area contributed by atoms with Gasteiger partial charge < -0.3 is 4.90 Å². The van der Waals surface area contributed by atoms with Crippen molar-refractivity contribution in [1.29, 1.82) is 0 Å². The van der Waals surface area contributed by atoms with Gasteiger partial charge in [-0.3, -0.25) is 4.79 Å². The molecule has 1 unspecified atom stereocenters. The van der Waals surface area contributed by atoms with Crippen LogP contribution < -0.4 is 4.90 Å². The molecule has 0 N–H and O–H groups in total. The second kappa shape index (κ2) is 4.79. The predicted molar refractivity (Wildman–Crippen MR) is 72.2 cm³/mol. The third-order valence-corrected chi connectivity index (χ3v) is 5.20. The molecule has 1 aliphatic rings.